The Kier molecular flexibility index (Phi) is 5.85. The van der Waals surface area contributed by atoms with E-state index in [2.05, 4.69) is 24.4 Å². The maximum Gasteiger partial charge on any atom is 0.256 e. The van der Waals surface area contributed by atoms with Crippen molar-refractivity contribution in [2.45, 2.75) is 13.3 Å². The molecule has 31 heavy (non-hydrogen) atoms. The Morgan fingerprint density at radius 3 is 2.42 bits per heavy atom. The summed E-state index contributed by atoms with van der Waals surface area (Å²) < 4.78 is 10.7. The van der Waals surface area contributed by atoms with Crippen molar-refractivity contribution in [1.29, 1.82) is 0 Å². The van der Waals surface area contributed by atoms with Crippen LogP contribution in [0.1, 0.15) is 22.8 Å². The molecule has 0 atom stereocenters. The largest absolute Gasteiger partial charge is 0.497 e. The Labute approximate surface area is 181 Å². The number of anilines is 1. The maximum atomic E-state index is 13.3. The number of methoxy groups -OCH3 is 2. The molecule has 5 nitrogen and oxygen atoms in total. The summed E-state index contributed by atoms with van der Waals surface area (Å²) in [6.07, 6.45) is 0.974. The molecule has 0 fully saturated rings. The third kappa shape index (κ3) is 4.21. The molecule has 0 saturated heterocycles. The molecular formula is C26H24N2O3. The van der Waals surface area contributed by atoms with Crippen LogP contribution in [0.25, 0.3) is 22.2 Å². The molecule has 4 aromatic rings. The number of hydrogen-bond donors (Lipinski definition) is 1. The highest BCUT2D eigenvalue weighted by Crippen LogP contribution is 2.31. The lowest BCUT2D eigenvalue weighted by Gasteiger charge is -2.14. The van der Waals surface area contributed by atoms with Crippen molar-refractivity contribution < 1.29 is 14.3 Å². The minimum absolute atomic E-state index is 0.239. The summed E-state index contributed by atoms with van der Waals surface area (Å²) >= 11 is 0. The van der Waals surface area contributed by atoms with Gasteiger partial charge in [-0.3, -0.25) is 4.79 Å². The third-order valence-electron chi connectivity index (χ3n) is 5.27. The summed E-state index contributed by atoms with van der Waals surface area (Å²) in [5, 5.41) is 3.76. The van der Waals surface area contributed by atoms with Crippen LogP contribution in [0.4, 0.5) is 5.69 Å². The van der Waals surface area contributed by atoms with Gasteiger partial charge in [-0.1, -0.05) is 49.4 Å². The van der Waals surface area contributed by atoms with E-state index in [1.807, 2.05) is 42.5 Å². The molecule has 0 unspecified atom stereocenters. The second-order valence-electron chi connectivity index (χ2n) is 7.14. The topological polar surface area (TPSA) is 60.5 Å². The van der Waals surface area contributed by atoms with Crippen molar-refractivity contribution in [1.82, 2.24) is 4.98 Å². The van der Waals surface area contributed by atoms with Crippen LogP contribution in [0.15, 0.2) is 72.8 Å². The Hall–Kier alpha value is -3.86. The van der Waals surface area contributed by atoms with Crippen LogP contribution < -0.4 is 14.8 Å². The van der Waals surface area contributed by atoms with E-state index in [0.29, 0.717) is 22.7 Å². The third-order valence-corrected chi connectivity index (χ3v) is 5.27. The molecule has 0 radical (unpaired) electrons. The van der Waals surface area contributed by atoms with E-state index in [-0.39, 0.29) is 5.91 Å². The molecule has 0 aliphatic rings. The Morgan fingerprint density at radius 1 is 0.935 bits per heavy atom. The highest BCUT2D eigenvalue weighted by molar-refractivity contribution is 6.13. The van der Waals surface area contributed by atoms with Crippen LogP contribution >= 0.6 is 0 Å². The van der Waals surface area contributed by atoms with Gasteiger partial charge in [0, 0.05) is 17.0 Å². The molecule has 5 heteroatoms. The zero-order valence-corrected chi connectivity index (χ0v) is 17.8. The summed E-state index contributed by atoms with van der Waals surface area (Å²) in [5.74, 6) is 0.951. The first kappa shape index (κ1) is 20.4. The lowest BCUT2D eigenvalue weighted by molar-refractivity contribution is 0.102. The quantitative estimate of drug-likeness (QED) is 0.439. The van der Waals surface area contributed by atoms with Crippen LogP contribution in [0.5, 0.6) is 11.5 Å². The number of benzene rings is 3. The normalized spacial score (nSPS) is 10.7. The van der Waals surface area contributed by atoms with Crippen LogP contribution in [0.2, 0.25) is 0 Å². The summed E-state index contributed by atoms with van der Waals surface area (Å²) in [7, 11) is 3.15. The smallest absolute Gasteiger partial charge is 0.256 e. The number of ether oxygens (including phenoxy) is 2. The maximum absolute atomic E-state index is 13.3. The number of pyridine rings is 1. The van der Waals surface area contributed by atoms with Gasteiger partial charge in [0.15, 0.2) is 0 Å². The number of rotatable bonds is 6. The number of aryl methyl sites for hydroxylation is 1. The molecule has 3 aromatic carbocycles. The zero-order valence-electron chi connectivity index (χ0n) is 17.8. The first-order valence-electron chi connectivity index (χ1n) is 10.2. The van der Waals surface area contributed by atoms with Gasteiger partial charge in [0.1, 0.15) is 11.5 Å². The molecule has 0 bridgehead atoms. The lowest BCUT2D eigenvalue weighted by atomic mass is 10.0. The van der Waals surface area contributed by atoms with Gasteiger partial charge in [-0.15, -0.1) is 0 Å². The molecule has 156 valence electrons. The van der Waals surface area contributed by atoms with E-state index < -0.39 is 0 Å². The Morgan fingerprint density at radius 2 is 1.71 bits per heavy atom. The molecule has 1 amide bonds. The first-order valence-corrected chi connectivity index (χ1v) is 10.2. The second kappa shape index (κ2) is 8.88. The summed E-state index contributed by atoms with van der Waals surface area (Å²) in [4.78, 5) is 18.1. The average molecular weight is 412 g/mol. The Balaban J connectivity index is 1.78. The highest BCUT2D eigenvalue weighted by Gasteiger charge is 2.16. The number of fused-ring (bicyclic) bond motifs is 1. The van der Waals surface area contributed by atoms with Crippen LogP contribution in [0, 0.1) is 0 Å². The fraction of sp³-hybridized carbons (Fsp3) is 0.154. The zero-order chi connectivity index (χ0) is 21.8. The molecule has 0 aliphatic heterocycles. The van der Waals surface area contributed by atoms with E-state index in [9.17, 15) is 4.79 Å². The van der Waals surface area contributed by atoms with Crippen molar-refractivity contribution in [2.75, 3.05) is 19.5 Å². The van der Waals surface area contributed by atoms with Gasteiger partial charge >= 0.3 is 0 Å². The number of nitrogens with one attached hydrogen (secondary N) is 1. The van der Waals surface area contributed by atoms with Gasteiger partial charge < -0.3 is 14.8 Å². The summed E-state index contributed by atoms with van der Waals surface area (Å²) in [6, 6.07) is 23.1. The molecule has 0 saturated carbocycles. The standard InChI is InChI=1S/C26H24N2O3/c1-4-17-9-11-18(12-10-17)23-16-21(20-7-5-6-8-22(20)27-23)26(29)28-24-15-19(30-2)13-14-25(24)31-3/h5-16H,4H2,1-3H3,(H,28,29). The molecule has 1 heterocycles. The predicted molar refractivity (Wildman–Crippen MR) is 124 cm³/mol. The van der Waals surface area contributed by atoms with Gasteiger partial charge in [0.05, 0.1) is 36.7 Å². The van der Waals surface area contributed by atoms with Gasteiger partial charge in [0.25, 0.3) is 5.91 Å². The van der Waals surface area contributed by atoms with Crippen molar-refractivity contribution in [3.8, 4) is 22.8 Å². The van der Waals surface area contributed by atoms with E-state index in [4.69, 9.17) is 14.5 Å². The Bertz CT molecular complexity index is 1230. The molecule has 0 aliphatic carbocycles. The molecule has 1 aromatic heterocycles. The first-order chi connectivity index (χ1) is 15.1. The van der Waals surface area contributed by atoms with E-state index in [0.717, 1.165) is 28.6 Å². The number of nitrogens with zero attached hydrogens (tertiary/aromatic N) is 1. The monoisotopic (exact) mass is 412 g/mol. The van der Waals surface area contributed by atoms with Crippen LogP contribution in [-0.2, 0) is 6.42 Å². The summed E-state index contributed by atoms with van der Waals surface area (Å²) in [6.45, 7) is 2.12. The molecule has 1 N–H and O–H groups in total. The SMILES string of the molecule is CCc1ccc(-c2cc(C(=O)Nc3cc(OC)ccc3OC)c3ccccc3n2)cc1. The van der Waals surface area contributed by atoms with Crippen molar-refractivity contribution in [2.24, 2.45) is 0 Å². The number of aromatic nitrogens is 1. The van der Waals surface area contributed by atoms with Crippen LogP contribution in [-0.4, -0.2) is 25.1 Å². The minimum atomic E-state index is -0.239. The number of para-hydroxylation sites is 1. The van der Waals surface area contributed by atoms with Gasteiger partial charge in [-0.2, -0.15) is 0 Å². The van der Waals surface area contributed by atoms with Crippen molar-refractivity contribution >= 4 is 22.5 Å². The lowest BCUT2D eigenvalue weighted by Crippen LogP contribution is -2.14. The van der Waals surface area contributed by atoms with Gasteiger partial charge in [-0.05, 0) is 36.2 Å². The highest BCUT2D eigenvalue weighted by atomic mass is 16.5. The predicted octanol–water partition coefficient (Wildman–Crippen LogP) is 5.73. The number of amides is 1. The molecule has 0 spiro atoms. The fourth-order valence-electron chi connectivity index (χ4n) is 3.52. The number of carbonyl (C=O) groups is 1. The van der Waals surface area contributed by atoms with Crippen molar-refractivity contribution in [3.63, 3.8) is 0 Å². The fourth-order valence-corrected chi connectivity index (χ4v) is 3.52. The van der Waals surface area contributed by atoms with Crippen molar-refractivity contribution in [3.05, 3.63) is 83.9 Å². The molecular weight excluding hydrogens is 388 g/mol. The van der Waals surface area contributed by atoms with Gasteiger partial charge in [0.2, 0.25) is 0 Å². The average Bonchev–Trinajstić information content (AvgIpc) is 2.83. The number of carbonyl (C=O) groups excluding carboxylic acids is 1. The molecule has 4 rings (SSSR count). The van der Waals surface area contributed by atoms with E-state index in [1.54, 1.807) is 32.4 Å². The van der Waals surface area contributed by atoms with Crippen LogP contribution in [0.3, 0.4) is 0 Å². The number of hydrogen-bond acceptors (Lipinski definition) is 4. The second-order valence-corrected chi connectivity index (χ2v) is 7.14. The summed E-state index contributed by atoms with van der Waals surface area (Å²) in [5.41, 5.74) is 4.83. The minimum Gasteiger partial charge on any atom is -0.497 e. The van der Waals surface area contributed by atoms with Gasteiger partial charge in [-0.25, -0.2) is 4.98 Å². The van der Waals surface area contributed by atoms with E-state index >= 15 is 0 Å². The van der Waals surface area contributed by atoms with E-state index in [1.165, 1.54) is 5.56 Å².